The van der Waals surface area contributed by atoms with Crippen molar-refractivity contribution in [3.8, 4) is 11.8 Å². The van der Waals surface area contributed by atoms with Gasteiger partial charge in [-0.25, -0.2) is 0 Å². The van der Waals surface area contributed by atoms with E-state index in [1.54, 1.807) is 0 Å². The zero-order chi connectivity index (χ0) is 59.8. The molecule has 83 heavy (non-hydrogen) atoms. The Hall–Kier alpha value is -7.59. The molecule has 0 N–H and O–H groups in total. The van der Waals surface area contributed by atoms with Crippen molar-refractivity contribution in [3.63, 3.8) is 0 Å². The molecule has 5 unspecified atom stereocenters. The second-order valence-corrected chi connectivity index (χ2v) is 29.4. The van der Waals surface area contributed by atoms with Gasteiger partial charge in [-0.2, -0.15) is 0 Å². The molecule has 0 bridgehead atoms. The minimum atomic E-state index is -1.17. The van der Waals surface area contributed by atoms with Crippen LogP contribution in [-0.4, -0.2) is 37.0 Å². The van der Waals surface area contributed by atoms with E-state index in [9.17, 15) is 24.0 Å². The van der Waals surface area contributed by atoms with Gasteiger partial charge in [-0.3, -0.25) is 24.0 Å². The van der Waals surface area contributed by atoms with E-state index in [4.69, 9.17) is 0 Å². The van der Waals surface area contributed by atoms with Gasteiger partial charge in [0, 0.05) is 68.5 Å². The lowest BCUT2D eigenvalue weighted by atomic mass is 9.98. The van der Waals surface area contributed by atoms with E-state index in [-0.39, 0.29) is 41.2 Å². The number of fused-ring (bicyclic) bond motifs is 5. The highest BCUT2D eigenvalue weighted by molar-refractivity contribution is 6.81. The number of rotatable bonds is 12. The zero-order valence-electron chi connectivity index (χ0n) is 50.8. The first-order chi connectivity index (χ1) is 39.8. The molecule has 0 fully saturated rings. The molecule has 6 aromatic rings. The molecule has 5 aliphatic carbocycles. The fourth-order valence-corrected chi connectivity index (χ4v) is 12.3. The first-order valence-electron chi connectivity index (χ1n) is 30.3. The Kier molecular flexibility index (Phi) is 22.5. The molecule has 0 heterocycles. The number of ketones is 5. The minimum Gasteiger partial charge on any atom is -0.294 e. The van der Waals surface area contributed by atoms with Gasteiger partial charge in [0.1, 0.15) is 0 Å². The molecule has 0 aromatic heterocycles. The SMILES string of the molecule is C=CCCCCc1cccc2c1CC(C)C2=O.C=Cc1cccc2c1CC(C)C2=O.CC1Cc2c(C#Cc3ccccc3)cccc2C1=O.CC1Cc2c(C=C[Si](C)(C)C)cccc2C1=O.CCCCC=Cc1cccc2c1CC(C)C2=O. The third kappa shape index (κ3) is 16.2. The second kappa shape index (κ2) is 29.6. The van der Waals surface area contributed by atoms with Crippen molar-refractivity contribution in [2.45, 2.75) is 138 Å². The maximum absolute atomic E-state index is 12.0. The molecular formula is C77H86O5Si. The first kappa shape index (κ1) is 63.0. The van der Waals surface area contributed by atoms with Gasteiger partial charge < -0.3 is 0 Å². The van der Waals surface area contributed by atoms with Crippen LogP contribution in [0.5, 0.6) is 0 Å². The third-order valence-electron chi connectivity index (χ3n) is 16.4. The van der Waals surface area contributed by atoms with Crippen LogP contribution in [0.1, 0.15) is 193 Å². The monoisotopic (exact) mass is 1120 g/mol. The zero-order valence-corrected chi connectivity index (χ0v) is 51.8. The van der Waals surface area contributed by atoms with Crippen molar-refractivity contribution in [2.75, 3.05) is 0 Å². The van der Waals surface area contributed by atoms with Crippen molar-refractivity contribution >= 4 is 55.2 Å². The van der Waals surface area contributed by atoms with Crippen LogP contribution in [0.15, 0.2) is 152 Å². The van der Waals surface area contributed by atoms with Crippen LogP contribution >= 0.6 is 0 Å². The lowest BCUT2D eigenvalue weighted by Gasteiger charge is -2.09. The third-order valence-corrected chi connectivity index (χ3v) is 17.6. The van der Waals surface area contributed by atoms with Gasteiger partial charge in [0.05, 0.1) is 8.07 Å². The van der Waals surface area contributed by atoms with Gasteiger partial charge >= 0.3 is 0 Å². The summed E-state index contributed by atoms with van der Waals surface area (Å²) in [6, 6.07) is 39.9. The van der Waals surface area contributed by atoms with E-state index < -0.39 is 8.07 Å². The molecule has 11 rings (SSSR count). The molecule has 0 amide bonds. The van der Waals surface area contributed by atoms with Gasteiger partial charge in [-0.1, -0.05) is 232 Å². The maximum atomic E-state index is 12.0. The van der Waals surface area contributed by atoms with E-state index in [0.29, 0.717) is 17.3 Å². The first-order valence-corrected chi connectivity index (χ1v) is 33.9. The summed E-state index contributed by atoms with van der Waals surface area (Å²) in [5.74, 6) is 8.57. The van der Waals surface area contributed by atoms with E-state index in [1.165, 1.54) is 64.6 Å². The summed E-state index contributed by atoms with van der Waals surface area (Å²) in [4.78, 5) is 59.4. The number of aryl methyl sites for hydroxylation is 1. The van der Waals surface area contributed by atoms with Crippen LogP contribution in [-0.2, 0) is 38.5 Å². The average molecular weight is 1120 g/mol. The number of unbranched alkanes of at least 4 members (excludes halogenated alkanes) is 4. The Morgan fingerprint density at radius 3 is 1.39 bits per heavy atom. The topological polar surface area (TPSA) is 85.3 Å². The van der Waals surface area contributed by atoms with E-state index >= 15 is 0 Å². The number of allylic oxidation sites excluding steroid dienone is 2. The Labute approximate surface area is 497 Å². The minimum absolute atomic E-state index is 0.0923. The lowest BCUT2D eigenvalue weighted by Crippen LogP contribution is -2.15. The van der Waals surface area contributed by atoms with Crippen LogP contribution in [0.25, 0.3) is 18.2 Å². The Balaban J connectivity index is 0.000000150. The Bertz CT molecular complexity index is 3480. The summed E-state index contributed by atoms with van der Waals surface area (Å²) < 4.78 is 0. The van der Waals surface area contributed by atoms with Crippen molar-refractivity contribution < 1.29 is 24.0 Å². The molecule has 428 valence electrons. The summed E-state index contributed by atoms with van der Waals surface area (Å²) in [6.45, 7) is 26.7. The maximum Gasteiger partial charge on any atom is 0.166 e. The highest BCUT2D eigenvalue weighted by atomic mass is 28.3. The van der Waals surface area contributed by atoms with Gasteiger partial charge in [0.25, 0.3) is 0 Å². The van der Waals surface area contributed by atoms with E-state index in [1.807, 2.05) is 150 Å². The normalized spacial score (nSPS) is 18.7. The highest BCUT2D eigenvalue weighted by Gasteiger charge is 2.32. The Morgan fingerprint density at radius 1 is 0.458 bits per heavy atom. The summed E-state index contributed by atoms with van der Waals surface area (Å²) in [5.41, 5.74) is 20.0. The van der Waals surface area contributed by atoms with Gasteiger partial charge in [-0.05, 0) is 132 Å². The van der Waals surface area contributed by atoms with Crippen molar-refractivity contribution in [2.24, 2.45) is 29.6 Å². The summed E-state index contributed by atoms with van der Waals surface area (Å²) in [7, 11) is -1.17. The van der Waals surface area contributed by atoms with Gasteiger partial charge in [0.15, 0.2) is 28.9 Å². The fourth-order valence-electron chi connectivity index (χ4n) is 11.6. The smallest absolute Gasteiger partial charge is 0.166 e. The second-order valence-electron chi connectivity index (χ2n) is 24.3. The fraction of sp³-hybridized carbons (Fsp3) is 0.338. The van der Waals surface area contributed by atoms with Crippen LogP contribution in [0.3, 0.4) is 0 Å². The van der Waals surface area contributed by atoms with Gasteiger partial charge in [0.2, 0.25) is 0 Å². The van der Waals surface area contributed by atoms with E-state index in [2.05, 4.69) is 93.7 Å². The molecule has 6 aromatic carbocycles. The highest BCUT2D eigenvalue weighted by Crippen LogP contribution is 2.34. The molecule has 5 aliphatic rings. The summed E-state index contributed by atoms with van der Waals surface area (Å²) in [6.07, 6.45) is 23.0. The Morgan fingerprint density at radius 2 is 0.892 bits per heavy atom. The van der Waals surface area contributed by atoms with Crippen LogP contribution in [0.2, 0.25) is 19.6 Å². The molecule has 0 aliphatic heterocycles. The standard InChI is InChI=1S/C18H14O.2C16H20O.C15H20OSi.C12H12O/c1-13-12-17-15(8-5-9-16(17)18(13)19)11-10-14-6-3-2-4-7-14;2*1-3-4-5-6-8-13-9-7-10-14-15(13)11-12(2)16(14)17;1-11-10-14-12(8-9-17(2,3)4)6-5-7-13(14)15(11)16;1-3-9-5-4-6-10-11(9)7-8(2)12(10)13/h2-9,13H,12H2,1H3;6-10,12H,3-5,11H2,1-2H3;3,7,9-10,12H,1,4-6,8,11H2,2H3;5-9,11H,10H2,1-4H3;3-6,8H,1,7H2,2H3. The number of carbonyl (C=O) groups is 5. The van der Waals surface area contributed by atoms with Crippen molar-refractivity contribution in [3.05, 3.63) is 241 Å². The number of benzene rings is 6. The number of hydrogen-bond acceptors (Lipinski definition) is 5. The quantitative estimate of drug-likeness (QED) is 0.0527. The van der Waals surface area contributed by atoms with Crippen LogP contribution < -0.4 is 0 Å². The summed E-state index contributed by atoms with van der Waals surface area (Å²) >= 11 is 0. The van der Waals surface area contributed by atoms with Crippen LogP contribution in [0, 0.1) is 41.4 Å². The molecular weight excluding hydrogens is 1030 g/mol. The van der Waals surface area contributed by atoms with Gasteiger partial charge in [-0.15, -0.1) is 6.58 Å². The number of hydrogen-bond donors (Lipinski definition) is 0. The van der Waals surface area contributed by atoms with Crippen molar-refractivity contribution in [1.82, 2.24) is 0 Å². The predicted octanol–water partition coefficient (Wildman–Crippen LogP) is 18.3. The van der Waals surface area contributed by atoms with Crippen molar-refractivity contribution in [1.29, 1.82) is 0 Å². The largest absolute Gasteiger partial charge is 0.294 e. The van der Waals surface area contributed by atoms with Crippen LogP contribution in [0.4, 0.5) is 0 Å². The molecule has 5 nitrogen and oxygen atoms in total. The average Bonchev–Trinajstić information content (AvgIpc) is 4.46. The summed E-state index contributed by atoms with van der Waals surface area (Å²) in [5, 5.41) is 0. The van der Waals surface area contributed by atoms with E-state index in [0.717, 1.165) is 101 Å². The predicted molar refractivity (Wildman–Crippen MR) is 349 cm³/mol. The molecule has 0 radical (unpaired) electrons. The lowest BCUT2D eigenvalue weighted by molar-refractivity contribution is 0.0939. The molecule has 6 heteroatoms. The molecule has 0 spiro atoms. The molecule has 5 atom stereocenters. The number of Topliss-reactive ketones (excluding diaryl/α,β-unsaturated/α-hetero) is 5. The number of carbonyl (C=O) groups excluding carboxylic acids is 5. The molecule has 0 saturated heterocycles. The molecule has 0 saturated carbocycles.